The molecule has 0 aromatic heterocycles. The second-order valence-electron chi connectivity index (χ2n) is 1.93. The van der Waals surface area contributed by atoms with Gasteiger partial charge in [-0.3, -0.25) is 0 Å². The molecule has 1 radical (unpaired) electrons. The fraction of sp³-hybridized carbons (Fsp3) is 0. The number of halogens is 1. The lowest BCUT2D eigenvalue weighted by Gasteiger charge is -2.00. The fourth-order valence-corrected chi connectivity index (χ4v) is 0.685. The first-order valence-corrected chi connectivity index (χ1v) is 2.97. The number of hydrogen-bond acceptors (Lipinski definition) is 1. The van der Waals surface area contributed by atoms with Gasteiger partial charge < -0.3 is 5.32 Å². The Bertz CT molecular complexity index is 275. The van der Waals surface area contributed by atoms with Crippen molar-refractivity contribution in [2.75, 3.05) is 5.32 Å². The molecule has 0 atom stereocenters. The number of urea groups is 1. The molecule has 0 heterocycles. The predicted octanol–water partition coefficient (Wildman–Crippen LogP) is 1.64. The molecule has 2 amide bonds. The summed E-state index contributed by atoms with van der Waals surface area (Å²) in [6.45, 7) is 0. The van der Waals surface area contributed by atoms with E-state index >= 15 is 0 Å². The molecule has 3 nitrogen and oxygen atoms in total. The summed E-state index contributed by atoms with van der Waals surface area (Å²) in [5.41, 5.74) is 6.53. The maximum atomic E-state index is 12.7. The first kappa shape index (κ1) is 7.53. The second kappa shape index (κ2) is 3.01. The van der Waals surface area contributed by atoms with E-state index in [2.05, 4.69) is 0 Å². The van der Waals surface area contributed by atoms with Crippen molar-refractivity contribution in [1.29, 1.82) is 0 Å². The van der Waals surface area contributed by atoms with Crippen LogP contribution in [0.1, 0.15) is 0 Å². The Kier molecular flexibility index (Phi) is 2.06. The highest BCUT2D eigenvalue weighted by Crippen LogP contribution is 2.11. The zero-order valence-electron chi connectivity index (χ0n) is 5.60. The average Bonchev–Trinajstić information content (AvgIpc) is 1.93. The number of nitrogens with one attached hydrogen (secondary N) is 2. The molecule has 1 aromatic carbocycles. The molecule has 57 valence electrons. The van der Waals surface area contributed by atoms with E-state index in [1.165, 1.54) is 18.2 Å². The molecule has 1 rings (SSSR count). The quantitative estimate of drug-likeness (QED) is 0.655. The fourth-order valence-electron chi connectivity index (χ4n) is 0.685. The molecular weight excluding hydrogens is 147 g/mol. The standard InChI is InChI=1S/C7H6FN2O/c8-5-3-1-2-4-6(5)10-7(9)11/h1-4,9H,(H,10,11). The summed E-state index contributed by atoms with van der Waals surface area (Å²) in [5, 5.41) is 2.03. The highest BCUT2D eigenvalue weighted by Gasteiger charge is 2.00. The van der Waals surface area contributed by atoms with Gasteiger partial charge in [0.05, 0.1) is 5.69 Å². The van der Waals surface area contributed by atoms with Gasteiger partial charge in [-0.15, -0.1) is 0 Å². The summed E-state index contributed by atoms with van der Waals surface area (Å²) in [6.07, 6.45) is 0. The van der Waals surface area contributed by atoms with Crippen molar-refractivity contribution in [2.24, 2.45) is 0 Å². The van der Waals surface area contributed by atoms with Crippen molar-refractivity contribution >= 4 is 11.7 Å². The lowest BCUT2D eigenvalue weighted by atomic mass is 10.3. The SMILES string of the molecule is [NH]C(=O)Nc1ccccc1F. The summed E-state index contributed by atoms with van der Waals surface area (Å²) in [7, 11) is 0. The van der Waals surface area contributed by atoms with Gasteiger partial charge in [-0.1, -0.05) is 12.1 Å². The molecule has 4 heteroatoms. The molecule has 0 aliphatic rings. The highest BCUT2D eigenvalue weighted by atomic mass is 19.1. The molecule has 0 saturated heterocycles. The van der Waals surface area contributed by atoms with Crippen molar-refractivity contribution in [2.45, 2.75) is 0 Å². The summed E-state index contributed by atoms with van der Waals surface area (Å²) < 4.78 is 12.7. The van der Waals surface area contributed by atoms with E-state index in [0.29, 0.717) is 0 Å². The Hall–Kier alpha value is -1.58. The first-order valence-electron chi connectivity index (χ1n) is 2.97. The minimum atomic E-state index is -1.02. The van der Waals surface area contributed by atoms with Crippen LogP contribution in [0.5, 0.6) is 0 Å². The Morgan fingerprint density at radius 2 is 2.09 bits per heavy atom. The van der Waals surface area contributed by atoms with Crippen LogP contribution in [0, 0.1) is 5.82 Å². The second-order valence-corrected chi connectivity index (χ2v) is 1.93. The van der Waals surface area contributed by atoms with Crippen molar-refractivity contribution in [3.63, 3.8) is 0 Å². The number of amides is 2. The molecule has 0 fully saturated rings. The normalized spacial score (nSPS) is 9.18. The van der Waals surface area contributed by atoms with Gasteiger partial charge >= 0.3 is 6.03 Å². The molecular formula is C7H6FN2O. The number of rotatable bonds is 1. The predicted molar refractivity (Wildman–Crippen MR) is 38.5 cm³/mol. The average molecular weight is 153 g/mol. The minimum Gasteiger partial charge on any atom is -0.304 e. The molecule has 0 aliphatic heterocycles. The van der Waals surface area contributed by atoms with Crippen molar-refractivity contribution in [1.82, 2.24) is 5.73 Å². The molecule has 11 heavy (non-hydrogen) atoms. The van der Waals surface area contributed by atoms with Crippen LogP contribution in [0.3, 0.4) is 0 Å². The highest BCUT2D eigenvalue weighted by molar-refractivity contribution is 5.87. The van der Waals surface area contributed by atoms with Crippen LogP contribution in [0.15, 0.2) is 24.3 Å². The number of hydrogen-bond donors (Lipinski definition) is 1. The van der Waals surface area contributed by atoms with E-state index in [4.69, 9.17) is 5.73 Å². The van der Waals surface area contributed by atoms with Gasteiger partial charge in [0.25, 0.3) is 0 Å². The van der Waals surface area contributed by atoms with E-state index in [9.17, 15) is 9.18 Å². The van der Waals surface area contributed by atoms with Gasteiger partial charge in [-0.05, 0) is 12.1 Å². The molecule has 0 saturated carbocycles. The molecule has 2 N–H and O–H groups in total. The third-order valence-electron chi connectivity index (χ3n) is 1.12. The van der Waals surface area contributed by atoms with E-state index in [1.807, 2.05) is 5.32 Å². The van der Waals surface area contributed by atoms with Gasteiger partial charge in [-0.25, -0.2) is 14.9 Å². The monoisotopic (exact) mass is 153 g/mol. The summed E-state index contributed by atoms with van der Waals surface area (Å²) in [4.78, 5) is 10.2. The van der Waals surface area contributed by atoms with Gasteiger partial charge in [0.15, 0.2) is 0 Å². The Morgan fingerprint density at radius 3 is 2.64 bits per heavy atom. The Labute approximate surface area is 63.0 Å². The Balaban J connectivity index is 2.86. The van der Waals surface area contributed by atoms with Crippen LogP contribution in [-0.2, 0) is 0 Å². The van der Waals surface area contributed by atoms with E-state index in [0.717, 1.165) is 0 Å². The lowest BCUT2D eigenvalue weighted by molar-refractivity contribution is 0.258. The van der Waals surface area contributed by atoms with Crippen molar-refractivity contribution in [3.8, 4) is 0 Å². The van der Waals surface area contributed by atoms with Crippen molar-refractivity contribution in [3.05, 3.63) is 30.1 Å². The largest absolute Gasteiger partial charge is 0.338 e. The van der Waals surface area contributed by atoms with E-state index in [-0.39, 0.29) is 5.69 Å². The van der Waals surface area contributed by atoms with Crippen LogP contribution in [0.4, 0.5) is 14.9 Å². The molecule has 0 bridgehead atoms. The van der Waals surface area contributed by atoms with Gasteiger partial charge in [0, 0.05) is 0 Å². The number of benzene rings is 1. The number of para-hydroxylation sites is 1. The van der Waals surface area contributed by atoms with Crippen molar-refractivity contribution < 1.29 is 9.18 Å². The zero-order valence-corrected chi connectivity index (χ0v) is 5.60. The number of carbonyl (C=O) groups excluding carboxylic acids is 1. The summed E-state index contributed by atoms with van der Waals surface area (Å²) in [6, 6.07) is 4.67. The third kappa shape index (κ3) is 1.93. The lowest BCUT2D eigenvalue weighted by Crippen LogP contribution is -2.10. The van der Waals surface area contributed by atoms with Crippen LogP contribution in [0.25, 0.3) is 0 Å². The molecule has 0 unspecified atom stereocenters. The molecule has 0 aliphatic carbocycles. The summed E-state index contributed by atoms with van der Waals surface area (Å²) >= 11 is 0. The van der Waals surface area contributed by atoms with E-state index < -0.39 is 11.8 Å². The van der Waals surface area contributed by atoms with Crippen LogP contribution >= 0.6 is 0 Å². The van der Waals surface area contributed by atoms with Crippen LogP contribution in [0.2, 0.25) is 0 Å². The summed E-state index contributed by atoms with van der Waals surface area (Å²) in [5.74, 6) is -0.534. The Morgan fingerprint density at radius 1 is 1.45 bits per heavy atom. The number of anilines is 1. The molecule has 0 spiro atoms. The first-order chi connectivity index (χ1) is 5.20. The molecule has 1 aromatic rings. The van der Waals surface area contributed by atoms with Crippen LogP contribution < -0.4 is 11.1 Å². The third-order valence-corrected chi connectivity index (χ3v) is 1.12. The van der Waals surface area contributed by atoms with Gasteiger partial charge in [-0.2, -0.15) is 0 Å². The topological polar surface area (TPSA) is 52.9 Å². The zero-order chi connectivity index (χ0) is 8.27. The van der Waals surface area contributed by atoms with Crippen LogP contribution in [-0.4, -0.2) is 6.03 Å². The van der Waals surface area contributed by atoms with Gasteiger partial charge in [0.1, 0.15) is 5.82 Å². The van der Waals surface area contributed by atoms with E-state index in [1.54, 1.807) is 6.07 Å². The smallest absolute Gasteiger partial charge is 0.304 e. The maximum absolute atomic E-state index is 12.7. The minimum absolute atomic E-state index is 0.0347. The number of carbonyl (C=O) groups is 1. The maximum Gasteiger partial charge on any atom is 0.338 e. The van der Waals surface area contributed by atoms with Gasteiger partial charge in [0.2, 0.25) is 0 Å².